The van der Waals surface area contributed by atoms with Crippen molar-refractivity contribution in [2.45, 2.75) is 104 Å². The topological polar surface area (TPSA) is 46.5 Å². The summed E-state index contributed by atoms with van der Waals surface area (Å²) in [5.41, 5.74) is 1.48. The Labute approximate surface area is 196 Å². The number of carboxylic acids is 1. The lowest BCUT2D eigenvalue weighted by atomic mass is 9.75. The number of aliphatic carboxylic acids is 1. The summed E-state index contributed by atoms with van der Waals surface area (Å²) in [6, 6.07) is 8.21. The molecule has 0 saturated heterocycles. The number of hydrogen-bond acceptors (Lipinski definition) is 2. The molecule has 1 unspecified atom stereocenters. The molecule has 3 nitrogen and oxygen atoms in total. The second kappa shape index (κ2) is 14.9. The Morgan fingerprint density at radius 2 is 1.47 bits per heavy atom. The molecule has 3 heteroatoms. The van der Waals surface area contributed by atoms with Gasteiger partial charge in [0, 0.05) is 0 Å². The number of carboxylic acid groups (broad SMARTS) is 1. The van der Waals surface area contributed by atoms with Gasteiger partial charge in [-0.15, -0.1) is 0 Å². The van der Waals surface area contributed by atoms with E-state index in [1.807, 2.05) is 24.3 Å². The van der Waals surface area contributed by atoms with Gasteiger partial charge in [-0.3, -0.25) is 4.79 Å². The van der Waals surface area contributed by atoms with Gasteiger partial charge in [-0.2, -0.15) is 0 Å². The van der Waals surface area contributed by atoms with Crippen LogP contribution in [0, 0.1) is 5.41 Å². The molecule has 1 N–H and O–H groups in total. The quantitative estimate of drug-likeness (QED) is 0.247. The van der Waals surface area contributed by atoms with Crippen LogP contribution >= 0.6 is 0 Å². The molecule has 1 aromatic carbocycles. The van der Waals surface area contributed by atoms with Gasteiger partial charge in [0.15, 0.2) is 0 Å². The largest absolute Gasteiger partial charge is 0.494 e. The van der Waals surface area contributed by atoms with Gasteiger partial charge in [-0.25, -0.2) is 0 Å². The number of hydrogen-bond donors (Lipinski definition) is 1. The Balaban J connectivity index is 1.74. The summed E-state index contributed by atoms with van der Waals surface area (Å²) in [6.45, 7) is 5.21. The van der Waals surface area contributed by atoms with E-state index in [1.54, 1.807) is 0 Å². The molecule has 1 aliphatic carbocycles. The van der Waals surface area contributed by atoms with E-state index in [0.717, 1.165) is 42.8 Å². The zero-order chi connectivity index (χ0) is 23.1. The molecule has 1 atom stereocenters. The normalized spacial score (nSPS) is 17.9. The van der Waals surface area contributed by atoms with Gasteiger partial charge in [0.25, 0.3) is 0 Å². The van der Waals surface area contributed by atoms with E-state index < -0.39 is 11.4 Å². The fourth-order valence-electron chi connectivity index (χ4n) is 4.38. The zero-order valence-electron chi connectivity index (χ0n) is 20.4. The minimum absolute atomic E-state index is 0.566. The van der Waals surface area contributed by atoms with Gasteiger partial charge in [-0.1, -0.05) is 115 Å². The van der Waals surface area contributed by atoms with Crippen LogP contribution in [0.4, 0.5) is 0 Å². The minimum atomic E-state index is -0.740. The number of benzene rings is 1. The van der Waals surface area contributed by atoms with Crippen molar-refractivity contribution >= 4 is 11.5 Å². The number of rotatable bonds is 17. The van der Waals surface area contributed by atoms with Crippen molar-refractivity contribution in [3.8, 4) is 5.75 Å². The first-order chi connectivity index (χ1) is 15.6. The van der Waals surface area contributed by atoms with Crippen LogP contribution in [0.2, 0.25) is 0 Å². The lowest BCUT2D eigenvalue weighted by Crippen LogP contribution is -2.29. The van der Waals surface area contributed by atoms with Crippen molar-refractivity contribution in [1.82, 2.24) is 0 Å². The number of allylic oxidation sites excluding steroid dienone is 3. The fraction of sp³-hybridized carbons (Fsp3) is 0.621. The molecule has 0 heterocycles. The van der Waals surface area contributed by atoms with E-state index >= 15 is 0 Å². The molecular formula is C29H44O3. The van der Waals surface area contributed by atoms with Gasteiger partial charge in [0.2, 0.25) is 0 Å². The lowest BCUT2D eigenvalue weighted by molar-refractivity contribution is -0.146. The first-order valence-corrected chi connectivity index (χ1v) is 13.0. The van der Waals surface area contributed by atoms with E-state index in [9.17, 15) is 9.90 Å². The Kier molecular flexibility index (Phi) is 12.2. The molecule has 0 fully saturated rings. The van der Waals surface area contributed by atoms with E-state index in [-0.39, 0.29) is 0 Å². The van der Waals surface area contributed by atoms with Crippen molar-refractivity contribution in [3.05, 3.63) is 48.1 Å². The Morgan fingerprint density at radius 1 is 0.875 bits per heavy atom. The average Bonchev–Trinajstić information content (AvgIpc) is 2.81. The van der Waals surface area contributed by atoms with Crippen LogP contribution in [0.3, 0.4) is 0 Å². The summed E-state index contributed by atoms with van der Waals surface area (Å²) in [6.07, 6.45) is 22.1. The molecule has 1 aliphatic rings. The molecule has 178 valence electrons. The molecule has 0 saturated carbocycles. The molecule has 0 aliphatic heterocycles. The number of carbonyl (C=O) groups is 1. The molecule has 0 radical (unpaired) electrons. The number of unbranched alkanes of at least 4 members (excludes halogenated alkanes) is 10. The fourth-order valence-corrected chi connectivity index (χ4v) is 4.38. The first kappa shape index (κ1) is 26.2. The summed E-state index contributed by atoms with van der Waals surface area (Å²) in [4.78, 5) is 12.0. The average molecular weight is 441 g/mol. The molecule has 1 aromatic rings. The van der Waals surface area contributed by atoms with Crippen molar-refractivity contribution in [3.63, 3.8) is 0 Å². The van der Waals surface area contributed by atoms with E-state index in [0.29, 0.717) is 12.8 Å². The maximum absolute atomic E-state index is 12.0. The van der Waals surface area contributed by atoms with Gasteiger partial charge in [-0.05, 0) is 42.5 Å². The predicted molar refractivity (Wildman–Crippen MR) is 135 cm³/mol. The van der Waals surface area contributed by atoms with Gasteiger partial charge in [0.05, 0.1) is 12.0 Å². The third-order valence-corrected chi connectivity index (χ3v) is 6.62. The molecule has 0 bridgehead atoms. The van der Waals surface area contributed by atoms with Crippen molar-refractivity contribution in [1.29, 1.82) is 0 Å². The highest BCUT2D eigenvalue weighted by atomic mass is 16.5. The molecular weight excluding hydrogens is 396 g/mol. The Hall–Kier alpha value is -2.03. The smallest absolute Gasteiger partial charge is 0.313 e. The first-order valence-electron chi connectivity index (χ1n) is 13.0. The third kappa shape index (κ3) is 8.84. The van der Waals surface area contributed by atoms with E-state index in [4.69, 9.17) is 4.74 Å². The van der Waals surface area contributed by atoms with Crippen molar-refractivity contribution < 1.29 is 14.6 Å². The molecule has 2 rings (SSSR count). The minimum Gasteiger partial charge on any atom is -0.494 e. The second-order valence-corrected chi connectivity index (χ2v) is 9.32. The third-order valence-electron chi connectivity index (χ3n) is 6.62. The summed E-state index contributed by atoms with van der Waals surface area (Å²) in [7, 11) is 0. The molecule has 0 aromatic heterocycles. The number of ether oxygens (including phenoxy) is 1. The van der Waals surface area contributed by atoms with Crippen LogP contribution in [0.15, 0.2) is 42.5 Å². The highest BCUT2D eigenvalue weighted by molar-refractivity contribution is 5.83. The van der Waals surface area contributed by atoms with Gasteiger partial charge < -0.3 is 9.84 Å². The van der Waals surface area contributed by atoms with Crippen LogP contribution in [0.5, 0.6) is 5.75 Å². The van der Waals surface area contributed by atoms with Crippen LogP contribution in [-0.4, -0.2) is 17.7 Å². The SMILES string of the molecule is CCCCCCCCCCOc1ccc(C2=CCC(CCCCCC)(C(=O)O)C=C2)cc1. The van der Waals surface area contributed by atoms with Gasteiger partial charge >= 0.3 is 5.97 Å². The highest BCUT2D eigenvalue weighted by Crippen LogP contribution is 2.38. The van der Waals surface area contributed by atoms with Crippen LogP contribution in [0.1, 0.15) is 109 Å². The lowest BCUT2D eigenvalue weighted by Gasteiger charge is -2.28. The van der Waals surface area contributed by atoms with Crippen molar-refractivity contribution in [2.24, 2.45) is 5.41 Å². The van der Waals surface area contributed by atoms with Gasteiger partial charge in [0.1, 0.15) is 5.75 Å². The Bertz CT molecular complexity index is 716. The predicted octanol–water partition coefficient (Wildman–Crippen LogP) is 8.59. The zero-order valence-corrected chi connectivity index (χ0v) is 20.4. The maximum atomic E-state index is 12.0. The molecule has 32 heavy (non-hydrogen) atoms. The van der Waals surface area contributed by atoms with E-state index in [1.165, 1.54) is 57.8 Å². The monoisotopic (exact) mass is 440 g/mol. The summed E-state index contributed by atoms with van der Waals surface area (Å²) >= 11 is 0. The highest BCUT2D eigenvalue weighted by Gasteiger charge is 2.35. The summed E-state index contributed by atoms with van der Waals surface area (Å²) in [5, 5.41) is 9.83. The Morgan fingerprint density at radius 3 is 2.03 bits per heavy atom. The standard InChI is InChI=1S/C29H44O3/c1-3-5-7-9-10-11-12-14-24-32-27-17-15-25(16-18-27)26-19-22-29(23-20-26,28(30)31)21-13-8-6-4-2/h15-20,22H,3-14,21,23-24H2,1-2H3,(H,30,31). The van der Waals surface area contributed by atoms with Crippen LogP contribution in [0.25, 0.3) is 5.57 Å². The van der Waals surface area contributed by atoms with E-state index in [2.05, 4.69) is 32.1 Å². The molecule has 0 spiro atoms. The van der Waals surface area contributed by atoms with Crippen LogP contribution < -0.4 is 4.74 Å². The maximum Gasteiger partial charge on any atom is 0.313 e. The van der Waals surface area contributed by atoms with Crippen LogP contribution in [-0.2, 0) is 4.79 Å². The molecule has 0 amide bonds. The summed E-state index contributed by atoms with van der Waals surface area (Å²) < 4.78 is 5.91. The summed E-state index contributed by atoms with van der Waals surface area (Å²) in [5.74, 6) is 0.207. The van der Waals surface area contributed by atoms with Crippen molar-refractivity contribution in [2.75, 3.05) is 6.61 Å². The second-order valence-electron chi connectivity index (χ2n) is 9.32.